The van der Waals surface area contributed by atoms with Gasteiger partial charge in [0.05, 0.1) is 11.7 Å². The first-order chi connectivity index (χ1) is 10.0. The average Bonchev–Trinajstić information content (AvgIpc) is 2.95. The fourth-order valence-electron chi connectivity index (χ4n) is 4.78. The van der Waals surface area contributed by atoms with Crippen LogP contribution in [0, 0.1) is 5.92 Å². The maximum Gasteiger partial charge on any atom is 0.0751 e. The molecule has 2 aliphatic rings. The summed E-state index contributed by atoms with van der Waals surface area (Å²) < 4.78 is 6.14. The van der Waals surface area contributed by atoms with Crippen molar-refractivity contribution >= 4 is 0 Å². The number of aliphatic hydroxyl groups excluding tert-OH is 1. The largest absolute Gasteiger partial charge is 0.391 e. The maximum absolute atomic E-state index is 11.2. The molecule has 3 atom stereocenters. The minimum atomic E-state index is -0.247. The second-order valence-corrected chi connectivity index (χ2v) is 7.32. The Labute approximate surface area is 131 Å². The summed E-state index contributed by atoms with van der Waals surface area (Å²) in [5.41, 5.74) is -0.00684. The van der Waals surface area contributed by atoms with Gasteiger partial charge in [0, 0.05) is 12.1 Å². The van der Waals surface area contributed by atoms with Crippen LogP contribution in [0.5, 0.6) is 0 Å². The Morgan fingerprint density at radius 2 is 1.86 bits per heavy atom. The molecule has 21 heavy (non-hydrogen) atoms. The molecule has 0 radical (unpaired) electrons. The number of aliphatic hydroxyl groups is 1. The lowest BCUT2D eigenvalue weighted by Crippen LogP contribution is -2.58. The Hall–Kier alpha value is -0.120. The summed E-state index contributed by atoms with van der Waals surface area (Å²) in [5, 5.41) is 11.2. The maximum atomic E-state index is 11.2. The monoisotopic (exact) mass is 297 g/mol. The molecule has 1 saturated carbocycles. The van der Waals surface area contributed by atoms with Gasteiger partial charge in [0.2, 0.25) is 0 Å². The molecule has 1 heterocycles. The van der Waals surface area contributed by atoms with Crippen LogP contribution in [0.4, 0.5) is 0 Å². The van der Waals surface area contributed by atoms with Gasteiger partial charge in [0.15, 0.2) is 0 Å². The molecular weight excluding hydrogens is 262 g/mol. The molecule has 0 aromatic rings. The SMILES string of the molecule is CCN(CC)C(C)(CC)C(O)C1CCOC2(CCCC2)C1. The summed E-state index contributed by atoms with van der Waals surface area (Å²) in [4.78, 5) is 2.44. The van der Waals surface area contributed by atoms with Gasteiger partial charge in [-0.15, -0.1) is 0 Å². The van der Waals surface area contributed by atoms with Crippen LogP contribution in [-0.2, 0) is 4.74 Å². The van der Waals surface area contributed by atoms with Crippen LogP contribution in [0.2, 0.25) is 0 Å². The molecule has 1 aliphatic carbocycles. The van der Waals surface area contributed by atoms with E-state index in [0.717, 1.165) is 39.0 Å². The molecule has 0 bridgehead atoms. The molecular formula is C18H35NO2. The van der Waals surface area contributed by atoms with Crippen molar-refractivity contribution < 1.29 is 9.84 Å². The molecule has 1 N–H and O–H groups in total. The van der Waals surface area contributed by atoms with E-state index >= 15 is 0 Å². The molecule has 0 aromatic heterocycles. The molecule has 3 nitrogen and oxygen atoms in total. The van der Waals surface area contributed by atoms with Crippen molar-refractivity contribution in [1.82, 2.24) is 4.90 Å². The van der Waals surface area contributed by atoms with Crippen molar-refractivity contribution in [2.75, 3.05) is 19.7 Å². The minimum absolute atomic E-state index is 0.0990. The van der Waals surface area contributed by atoms with E-state index in [2.05, 4.69) is 32.6 Å². The van der Waals surface area contributed by atoms with Gasteiger partial charge >= 0.3 is 0 Å². The Kier molecular flexibility index (Phi) is 5.72. The highest BCUT2D eigenvalue weighted by molar-refractivity contribution is 5.00. The van der Waals surface area contributed by atoms with Gasteiger partial charge in [-0.05, 0) is 58.0 Å². The van der Waals surface area contributed by atoms with Crippen LogP contribution in [0.25, 0.3) is 0 Å². The van der Waals surface area contributed by atoms with Crippen molar-refractivity contribution in [3.63, 3.8) is 0 Å². The third-order valence-corrected chi connectivity index (χ3v) is 6.33. The number of rotatable bonds is 6. The van der Waals surface area contributed by atoms with E-state index in [9.17, 15) is 5.11 Å². The normalized spacial score (nSPS) is 29.7. The first kappa shape index (κ1) is 17.2. The summed E-state index contributed by atoms with van der Waals surface area (Å²) in [6.45, 7) is 11.7. The van der Waals surface area contributed by atoms with Gasteiger partial charge in [-0.1, -0.05) is 33.6 Å². The highest BCUT2D eigenvalue weighted by atomic mass is 16.5. The zero-order chi connectivity index (χ0) is 15.5. The predicted molar refractivity (Wildman–Crippen MR) is 87.5 cm³/mol. The molecule has 0 aromatic carbocycles. The van der Waals surface area contributed by atoms with Crippen molar-refractivity contribution in [3.8, 4) is 0 Å². The molecule has 1 aliphatic heterocycles. The lowest BCUT2D eigenvalue weighted by atomic mass is 9.74. The topological polar surface area (TPSA) is 32.7 Å². The smallest absolute Gasteiger partial charge is 0.0751 e. The van der Waals surface area contributed by atoms with Crippen LogP contribution >= 0.6 is 0 Å². The molecule has 2 fully saturated rings. The second kappa shape index (κ2) is 6.97. The lowest BCUT2D eigenvalue weighted by molar-refractivity contribution is -0.137. The number of hydrogen-bond donors (Lipinski definition) is 1. The van der Waals surface area contributed by atoms with Crippen LogP contribution in [0.3, 0.4) is 0 Å². The first-order valence-corrected chi connectivity index (χ1v) is 9.08. The lowest BCUT2D eigenvalue weighted by Gasteiger charge is -2.49. The summed E-state index contributed by atoms with van der Waals surface area (Å²) in [6, 6.07) is 0. The fraction of sp³-hybridized carbons (Fsp3) is 1.00. The van der Waals surface area contributed by atoms with Crippen LogP contribution in [-0.4, -0.2) is 46.9 Å². The van der Waals surface area contributed by atoms with Crippen LogP contribution in [0.15, 0.2) is 0 Å². The van der Waals surface area contributed by atoms with Gasteiger partial charge in [-0.2, -0.15) is 0 Å². The quantitative estimate of drug-likeness (QED) is 0.813. The molecule has 2 rings (SSSR count). The van der Waals surface area contributed by atoms with Crippen molar-refractivity contribution in [1.29, 1.82) is 0 Å². The predicted octanol–water partition coefficient (Wildman–Crippen LogP) is 3.60. The Morgan fingerprint density at radius 1 is 1.24 bits per heavy atom. The summed E-state index contributed by atoms with van der Waals surface area (Å²) in [5.74, 6) is 0.391. The Morgan fingerprint density at radius 3 is 2.38 bits per heavy atom. The third kappa shape index (κ3) is 3.30. The zero-order valence-corrected chi connectivity index (χ0v) is 14.5. The second-order valence-electron chi connectivity index (χ2n) is 7.32. The van der Waals surface area contributed by atoms with Crippen molar-refractivity contribution in [3.05, 3.63) is 0 Å². The number of likely N-dealkylation sites (N-methyl/N-ethyl adjacent to an activating group) is 1. The van der Waals surface area contributed by atoms with Gasteiger partial charge in [-0.3, -0.25) is 4.90 Å². The van der Waals surface area contributed by atoms with Gasteiger partial charge < -0.3 is 9.84 Å². The molecule has 3 heteroatoms. The summed E-state index contributed by atoms with van der Waals surface area (Å²) in [6.07, 6.45) is 7.82. The third-order valence-electron chi connectivity index (χ3n) is 6.33. The highest BCUT2D eigenvalue weighted by Crippen LogP contribution is 2.45. The molecule has 1 spiro atoms. The number of nitrogens with zero attached hydrogens (tertiary/aromatic N) is 1. The van der Waals surface area contributed by atoms with E-state index in [-0.39, 0.29) is 17.2 Å². The Bertz CT molecular complexity index is 323. The number of ether oxygens (including phenoxy) is 1. The summed E-state index contributed by atoms with van der Waals surface area (Å²) >= 11 is 0. The summed E-state index contributed by atoms with van der Waals surface area (Å²) in [7, 11) is 0. The van der Waals surface area contributed by atoms with Gasteiger partial charge in [0.25, 0.3) is 0 Å². The molecule has 0 amide bonds. The standard InChI is InChI=1S/C18H35NO2/c1-5-17(4,19(6-2)7-3)16(20)15-10-13-21-18(14-15)11-8-9-12-18/h15-16,20H,5-14H2,1-4H3. The van der Waals surface area contributed by atoms with E-state index in [0.29, 0.717) is 5.92 Å². The van der Waals surface area contributed by atoms with Crippen LogP contribution in [0.1, 0.15) is 72.6 Å². The first-order valence-electron chi connectivity index (χ1n) is 9.08. The molecule has 1 saturated heterocycles. The highest BCUT2D eigenvalue weighted by Gasteiger charge is 2.47. The van der Waals surface area contributed by atoms with Crippen molar-refractivity contribution in [2.45, 2.75) is 89.9 Å². The van der Waals surface area contributed by atoms with E-state index in [1.165, 1.54) is 25.7 Å². The van der Waals surface area contributed by atoms with E-state index in [1.54, 1.807) is 0 Å². The fourth-order valence-corrected chi connectivity index (χ4v) is 4.78. The van der Waals surface area contributed by atoms with Gasteiger partial charge in [-0.25, -0.2) is 0 Å². The van der Waals surface area contributed by atoms with E-state index < -0.39 is 0 Å². The number of hydrogen-bond acceptors (Lipinski definition) is 3. The molecule has 3 unspecified atom stereocenters. The van der Waals surface area contributed by atoms with Crippen molar-refractivity contribution in [2.24, 2.45) is 5.92 Å². The van der Waals surface area contributed by atoms with E-state index in [1.807, 2.05) is 0 Å². The van der Waals surface area contributed by atoms with E-state index in [4.69, 9.17) is 4.74 Å². The Balaban J connectivity index is 2.11. The zero-order valence-electron chi connectivity index (χ0n) is 14.5. The molecule has 124 valence electrons. The minimum Gasteiger partial charge on any atom is -0.391 e. The average molecular weight is 297 g/mol. The van der Waals surface area contributed by atoms with Crippen LogP contribution < -0.4 is 0 Å². The van der Waals surface area contributed by atoms with Gasteiger partial charge in [0.1, 0.15) is 0 Å².